The largest absolute Gasteiger partial charge is 0.372 e. The van der Waals surface area contributed by atoms with Crippen molar-refractivity contribution in [2.45, 2.75) is 19.4 Å². The fraction of sp³-hybridized carbons (Fsp3) is 0.429. The Hall–Kier alpha value is -1.88. The van der Waals surface area contributed by atoms with E-state index in [0.29, 0.717) is 12.1 Å². The zero-order valence-electron chi connectivity index (χ0n) is 11.8. The average molecular weight is 264 g/mol. The first-order valence-electron chi connectivity index (χ1n) is 6.06. The van der Waals surface area contributed by atoms with E-state index in [1.54, 1.807) is 38.1 Å². The maximum absolute atomic E-state index is 11.6. The second-order valence-corrected chi connectivity index (χ2v) is 4.53. The first-order valence-corrected chi connectivity index (χ1v) is 6.06. The highest BCUT2D eigenvalue weighted by Crippen LogP contribution is 2.11. The molecule has 0 aliphatic heterocycles. The van der Waals surface area contributed by atoms with Crippen molar-refractivity contribution in [2.24, 2.45) is 0 Å². The summed E-state index contributed by atoms with van der Waals surface area (Å²) < 4.78 is 4.92. The standard InChI is InChI=1S/C14H20N2O3/c1-10(19-4)14(18)15-12-7-5-11(6-8-12)9-13(17)16(2)3/h5-8,10H,9H2,1-4H3,(H,15,18). The van der Waals surface area contributed by atoms with E-state index in [-0.39, 0.29) is 11.8 Å². The molecule has 1 N–H and O–H groups in total. The van der Waals surface area contributed by atoms with Gasteiger partial charge in [-0.15, -0.1) is 0 Å². The summed E-state index contributed by atoms with van der Waals surface area (Å²) in [6.07, 6.45) is -0.134. The zero-order valence-corrected chi connectivity index (χ0v) is 11.8. The molecule has 0 saturated carbocycles. The predicted molar refractivity (Wildman–Crippen MR) is 73.9 cm³/mol. The molecule has 1 atom stereocenters. The summed E-state index contributed by atoms with van der Waals surface area (Å²) in [5, 5.41) is 2.74. The smallest absolute Gasteiger partial charge is 0.253 e. The van der Waals surface area contributed by atoms with Gasteiger partial charge in [0.2, 0.25) is 5.91 Å². The van der Waals surface area contributed by atoms with Crippen LogP contribution in [0.1, 0.15) is 12.5 Å². The monoisotopic (exact) mass is 264 g/mol. The summed E-state index contributed by atoms with van der Waals surface area (Å²) in [6, 6.07) is 7.21. The second-order valence-electron chi connectivity index (χ2n) is 4.53. The molecule has 5 heteroatoms. The van der Waals surface area contributed by atoms with Crippen LogP contribution in [0.4, 0.5) is 5.69 Å². The van der Waals surface area contributed by atoms with E-state index >= 15 is 0 Å². The molecule has 1 aromatic rings. The highest BCUT2D eigenvalue weighted by molar-refractivity contribution is 5.93. The van der Waals surface area contributed by atoms with Crippen LogP contribution in [-0.2, 0) is 20.7 Å². The van der Waals surface area contributed by atoms with Crippen LogP contribution in [0.3, 0.4) is 0 Å². The minimum atomic E-state index is -0.491. The first-order chi connectivity index (χ1) is 8.93. The minimum Gasteiger partial charge on any atom is -0.372 e. The molecule has 0 aliphatic carbocycles. The van der Waals surface area contributed by atoms with E-state index < -0.39 is 6.10 Å². The Morgan fingerprint density at radius 3 is 2.32 bits per heavy atom. The van der Waals surface area contributed by atoms with Crippen LogP contribution in [0.5, 0.6) is 0 Å². The molecular weight excluding hydrogens is 244 g/mol. The number of nitrogens with zero attached hydrogens (tertiary/aromatic N) is 1. The summed E-state index contributed by atoms with van der Waals surface area (Å²) in [5.41, 5.74) is 1.60. The Balaban J connectivity index is 2.62. The second kappa shape index (κ2) is 6.89. The third-order valence-electron chi connectivity index (χ3n) is 2.80. The number of benzene rings is 1. The van der Waals surface area contributed by atoms with E-state index in [4.69, 9.17) is 4.74 Å². The number of anilines is 1. The van der Waals surface area contributed by atoms with Crippen molar-refractivity contribution in [1.29, 1.82) is 0 Å². The average Bonchev–Trinajstić information content (AvgIpc) is 2.39. The number of amides is 2. The lowest BCUT2D eigenvalue weighted by Crippen LogP contribution is -2.26. The highest BCUT2D eigenvalue weighted by atomic mass is 16.5. The van der Waals surface area contributed by atoms with Gasteiger partial charge >= 0.3 is 0 Å². The Kier molecular flexibility index (Phi) is 5.51. The van der Waals surface area contributed by atoms with E-state index in [1.165, 1.54) is 7.11 Å². The third kappa shape index (κ3) is 4.71. The van der Waals surface area contributed by atoms with Crippen molar-refractivity contribution >= 4 is 17.5 Å². The Labute approximate surface area is 113 Å². The van der Waals surface area contributed by atoms with Crippen LogP contribution >= 0.6 is 0 Å². The lowest BCUT2D eigenvalue weighted by Gasteiger charge is -2.12. The molecule has 1 rings (SSSR count). The van der Waals surface area contributed by atoms with Crippen molar-refractivity contribution < 1.29 is 14.3 Å². The summed E-state index contributed by atoms with van der Waals surface area (Å²) in [6.45, 7) is 1.68. The van der Waals surface area contributed by atoms with E-state index in [2.05, 4.69) is 5.32 Å². The predicted octanol–water partition coefficient (Wildman–Crippen LogP) is 1.29. The summed E-state index contributed by atoms with van der Waals surface area (Å²) in [7, 11) is 4.94. The highest BCUT2D eigenvalue weighted by Gasteiger charge is 2.11. The molecule has 0 spiro atoms. The van der Waals surface area contributed by atoms with Crippen LogP contribution < -0.4 is 5.32 Å². The number of methoxy groups -OCH3 is 1. The fourth-order valence-corrected chi connectivity index (χ4v) is 1.39. The van der Waals surface area contributed by atoms with Gasteiger partial charge in [0, 0.05) is 26.9 Å². The van der Waals surface area contributed by atoms with Gasteiger partial charge in [0.1, 0.15) is 6.10 Å². The van der Waals surface area contributed by atoms with Gasteiger partial charge in [-0.05, 0) is 24.6 Å². The molecule has 5 nitrogen and oxygen atoms in total. The van der Waals surface area contributed by atoms with E-state index in [0.717, 1.165) is 5.56 Å². The molecule has 2 amide bonds. The fourth-order valence-electron chi connectivity index (χ4n) is 1.39. The molecule has 0 bridgehead atoms. The van der Waals surface area contributed by atoms with Gasteiger partial charge in [0.25, 0.3) is 5.91 Å². The Morgan fingerprint density at radius 2 is 1.84 bits per heavy atom. The molecule has 19 heavy (non-hydrogen) atoms. The van der Waals surface area contributed by atoms with Gasteiger partial charge < -0.3 is 15.0 Å². The SMILES string of the molecule is COC(C)C(=O)Nc1ccc(CC(=O)N(C)C)cc1. The van der Waals surface area contributed by atoms with Crippen LogP contribution in [0.2, 0.25) is 0 Å². The molecule has 104 valence electrons. The molecule has 0 aliphatic rings. The van der Waals surface area contributed by atoms with Gasteiger partial charge in [0.15, 0.2) is 0 Å². The van der Waals surface area contributed by atoms with Crippen LogP contribution in [-0.4, -0.2) is 44.0 Å². The number of hydrogen-bond acceptors (Lipinski definition) is 3. The Bertz CT molecular complexity index is 441. The Morgan fingerprint density at radius 1 is 1.26 bits per heavy atom. The number of likely N-dealkylation sites (N-methyl/N-ethyl adjacent to an activating group) is 1. The molecule has 0 saturated heterocycles. The molecule has 0 fully saturated rings. The van der Waals surface area contributed by atoms with Crippen molar-refractivity contribution in [3.63, 3.8) is 0 Å². The number of ether oxygens (including phenoxy) is 1. The zero-order chi connectivity index (χ0) is 14.4. The first kappa shape index (κ1) is 15.2. The molecule has 0 radical (unpaired) electrons. The van der Waals surface area contributed by atoms with Crippen molar-refractivity contribution in [3.8, 4) is 0 Å². The van der Waals surface area contributed by atoms with Gasteiger partial charge in [-0.25, -0.2) is 0 Å². The summed E-state index contributed by atoms with van der Waals surface area (Å²) in [5.74, 6) is -0.149. The molecule has 0 heterocycles. The van der Waals surface area contributed by atoms with E-state index in [9.17, 15) is 9.59 Å². The summed E-state index contributed by atoms with van der Waals surface area (Å²) >= 11 is 0. The van der Waals surface area contributed by atoms with E-state index in [1.807, 2.05) is 12.1 Å². The van der Waals surface area contributed by atoms with Crippen LogP contribution in [0.25, 0.3) is 0 Å². The van der Waals surface area contributed by atoms with Crippen LogP contribution in [0, 0.1) is 0 Å². The topological polar surface area (TPSA) is 58.6 Å². The van der Waals surface area contributed by atoms with Crippen molar-refractivity contribution in [2.75, 3.05) is 26.5 Å². The van der Waals surface area contributed by atoms with Crippen molar-refractivity contribution in [3.05, 3.63) is 29.8 Å². The molecule has 1 aromatic carbocycles. The lowest BCUT2D eigenvalue weighted by molar-refractivity contribution is -0.128. The van der Waals surface area contributed by atoms with Gasteiger partial charge in [0.05, 0.1) is 6.42 Å². The maximum atomic E-state index is 11.6. The molecular formula is C14H20N2O3. The van der Waals surface area contributed by atoms with Gasteiger partial charge in [-0.3, -0.25) is 9.59 Å². The van der Waals surface area contributed by atoms with Crippen LogP contribution in [0.15, 0.2) is 24.3 Å². The normalized spacial score (nSPS) is 11.8. The quantitative estimate of drug-likeness (QED) is 0.872. The number of carbonyl (C=O) groups excluding carboxylic acids is 2. The molecule has 0 aromatic heterocycles. The van der Waals surface area contributed by atoms with Crippen molar-refractivity contribution in [1.82, 2.24) is 4.90 Å². The number of nitrogens with one attached hydrogen (secondary N) is 1. The molecule has 1 unspecified atom stereocenters. The summed E-state index contributed by atoms with van der Waals surface area (Å²) in [4.78, 5) is 24.7. The third-order valence-corrected chi connectivity index (χ3v) is 2.80. The number of rotatable bonds is 5. The number of hydrogen-bond donors (Lipinski definition) is 1. The minimum absolute atomic E-state index is 0.0461. The lowest BCUT2D eigenvalue weighted by atomic mass is 10.1. The van der Waals surface area contributed by atoms with Gasteiger partial charge in [-0.2, -0.15) is 0 Å². The van der Waals surface area contributed by atoms with Gasteiger partial charge in [-0.1, -0.05) is 12.1 Å². The maximum Gasteiger partial charge on any atom is 0.253 e. The number of carbonyl (C=O) groups is 2.